The molecule has 2 bridgehead atoms. The van der Waals surface area contributed by atoms with Gasteiger partial charge < -0.3 is 29.6 Å². The highest BCUT2D eigenvalue weighted by atomic mass is 16.6. The Hall–Kier alpha value is -3.04. The fourth-order valence-corrected chi connectivity index (χ4v) is 4.90. The molecule has 0 aliphatic heterocycles. The van der Waals surface area contributed by atoms with Crippen molar-refractivity contribution in [2.24, 2.45) is 23.7 Å². The lowest BCUT2D eigenvalue weighted by molar-refractivity contribution is -0.139. The highest BCUT2D eigenvalue weighted by Gasteiger charge is 2.47. The molecule has 4 unspecified atom stereocenters. The molecule has 4 atom stereocenters. The molecule has 190 valence electrons. The number of amides is 2. The van der Waals surface area contributed by atoms with Crippen LogP contribution >= 0.6 is 0 Å². The first-order valence-corrected chi connectivity index (χ1v) is 11.8. The van der Waals surface area contributed by atoms with Gasteiger partial charge in [-0.25, -0.2) is 19.2 Å². The van der Waals surface area contributed by atoms with Crippen LogP contribution in [0.4, 0.5) is 9.59 Å². The molecular formula is C24H36N2O8. The fourth-order valence-electron chi connectivity index (χ4n) is 4.90. The number of carbonyl (C=O) groups excluding carboxylic acids is 4. The minimum Gasteiger partial charge on any atom is -0.463 e. The Kier molecular flexibility index (Phi) is 12.0. The molecule has 2 rings (SSSR count). The van der Waals surface area contributed by atoms with Crippen molar-refractivity contribution in [1.82, 2.24) is 10.6 Å². The quantitative estimate of drug-likeness (QED) is 0.158. The zero-order valence-electron chi connectivity index (χ0n) is 19.6. The molecule has 0 aromatic heterocycles. The van der Waals surface area contributed by atoms with E-state index >= 15 is 0 Å². The first-order chi connectivity index (χ1) is 16.4. The number of ether oxygens (including phenoxy) is 4. The van der Waals surface area contributed by atoms with Gasteiger partial charge in [-0.1, -0.05) is 13.2 Å². The maximum atomic E-state index is 11.9. The van der Waals surface area contributed by atoms with Crippen LogP contribution in [-0.4, -0.2) is 63.6 Å². The van der Waals surface area contributed by atoms with E-state index < -0.39 is 24.1 Å². The predicted octanol–water partition coefficient (Wildman–Crippen LogP) is 2.73. The highest BCUT2D eigenvalue weighted by molar-refractivity contribution is 5.81. The summed E-state index contributed by atoms with van der Waals surface area (Å²) in [5.74, 6) is 1.06. The molecule has 2 saturated carbocycles. The normalized spacial score (nSPS) is 22.4. The van der Waals surface area contributed by atoms with Crippen LogP contribution in [0.2, 0.25) is 0 Å². The van der Waals surface area contributed by atoms with Crippen molar-refractivity contribution in [3.05, 3.63) is 25.3 Å². The van der Waals surface area contributed by atoms with E-state index in [0.717, 1.165) is 31.4 Å². The Morgan fingerprint density at radius 2 is 1.38 bits per heavy atom. The van der Waals surface area contributed by atoms with E-state index in [1.165, 1.54) is 6.42 Å². The summed E-state index contributed by atoms with van der Waals surface area (Å²) in [6.07, 6.45) is 6.71. The molecule has 0 aromatic carbocycles. The number of hydrogen-bond donors (Lipinski definition) is 2. The average Bonchev–Trinajstić information content (AvgIpc) is 3.38. The lowest BCUT2D eigenvalue weighted by Crippen LogP contribution is -2.33. The summed E-state index contributed by atoms with van der Waals surface area (Å²) in [6, 6.07) is 0. The summed E-state index contributed by atoms with van der Waals surface area (Å²) < 4.78 is 19.8. The maximum absolute atomic E-state index is 11.9. The second-order valence-electron chi connectivity index (χ2n) is 8.48. The molecule has 10 heteroatoms. The number of esters is 2. The van der Waals surface area contributed by atoms with Crippen LogP contribution in [0.25, 0.3) is 0 Å². The van der Waals surface area contributed by atoms with Crippen LogP contribution in [-0.2, 0) is 28.5 Å². The number of unbranched alkanes of at least 4 members (excludes halogenated alkanes) is 1. The van der Waals surface area contributed by atoms with Gasteiger partial charge in [0, 0.05) is 25.2 Å². The van der Waals surface area contributed by atoms with Crippen molar-refractivity contribution in [1.29, 1.82) is 0 Å². The predicted molar refractivity (Wildman–Crippen MR) is 123 cm³/mol. The smallest absolute Gasteiger partial charge is 0.407 e. The number of carbonyl (C=O) groups is 4. The molecule has 0 radical (unpaired) electrons. The fraction of sp³-hybridized carbons (Fsp3) is 0.667. The maximum Gasteiger partial charge on any atom is 0.407 e. The highest BCUT2D eigenvalue weighted by Crippen LogP contribution is 2.53. The molecule has 2 aliphatic carbocycles. The molecule has 2 aliphatic rings. The third-order valence-electron chi connectivity index (χ3n) is 6.40. The first kappa shape index (κ1) is 27.2. The van der Waals surface area contributed by atoms with E-state index in [1.807, 2.05) is 0 Å². The Morgan fingerprint density at radius 1 is 0.794 bits per heavy atom. The Bertz CT molecular complexity index is 726. The number of nitrogens with one attached hydrogen (secondary N) is 2. The van der Waals surface area contributed by atoms with Crippen molar-refractivity contribution < 1.29 is 38.1 Å². The van der Waals surface area contributed by atoms with Gasteiger partial charge in [-0.05, 0) is 62.2 Å². The molecule has 2 fully saturated rings. The molecule has 0 spiro atoms. The van der Waals surface area contributed by atoms with Crippen LogP contribution in [0.3, 0.4) is 0 Å². The molecule has 0 saturated heterocycles. The molecule has 0 aromatic rings. The van der Waals surface area contributed by atoms with Crippen molar-refractivity contribution in [2.75, 3.05) is 39.5 Å². The van der Waals surface area contributed by atoms with E-state index in [0.29, 0.717) is 49.6 Å². The lowest BCUT2D eigenvalue weighted by atomic mass is 9.87. The SMILES string of the molecule is C=CC(=O)OCCCCOC(=O)NCCC1C2CCC1C(CNC(=O)OCCOC(=O)C=C)C2. The minimum absolute atomic E-state index is 0.00467. The van der Waals surface area contributed by atoms with Crippen molar-refractivity contribution >= 4 is 24.1 Å². The molecule has 0 heterocycles. The summed E-state index contributed by atoms with van der Waals surface area (Å²) >= 11 is 0. The van der Waals surface area contributed by atoms with E-state index in [9.17, 15) is 19.2 Å². The summed E-state index contributed by atoms with van der Waals surface area (Å²) in [5, 5.41) is 5.62. The molecular weight excluding hydrogens is 444 g/mol. The summed E-state index contributed by atoms with van der Waals surface area (Å²) in [6.45, 7) is 8.26. The van der Waals surface area contributed by atoms with E-state index in [-0.39, 0.29) is 26.4 Å². The van der Waals surface area contributed by atoms with Gasteiger partial charge in [-0.2, -0.15) is 0 Å². The zero-order chi connectivity index (χ0) is 24.8. The number of fused-ring (bicyclic) bond motifs is 2. The standard InChI is InChI=1S/C24H36N2O8/c1-3-21(27)31-11-5-6-12-33-23(29)25-10-9-20-17-7-8-19(20)18(15-17)16-26-24(30)34-14-13-32-22(28)4-2/h3-4,17-20H,1-2,5-16H2,(H,25,29)(H,26,30). The van der Waals surface area contributed by atoms with Gasteiger partial charge >= 0.3 is 24.1 Å². The van der Waals surface area contributed by atoms with Gasteiger partial charge in [0.1, 0.15) is 13.2 Å². The van der Waals surface area contributed by atoms with Gasteiger partial charge in [0.2, 0.25) is 0 Å². The summed E-state index contributed by atoms with van der Waals surface area (Å²) in [4.78, 5) is 45.6. The monoisotopic (exact) mass is 480 g/mol. The van der Waals surface area contributed by atoms with Gasteiger partial charge in [-0.15, -0.1) is 0 Å². The van der Waals surface area contributed by atoms with Crippen LogP contribution in [0.5, 0.6) is 0 Å². The van der Waals surface area contributed by atoms with E-state index in [2.05, 4.69) is 23.8 Å². The van der Waals surface area contributed by atoms with E-state index in [4.69, 9.17) is 18.9 Å². The van der Waals surface area contributed by atoms with Crippen molar-refractivity contribution in [3.8, 4) is 0 Å². The topological polar surface area (TPSA) is 129 Å². The third-order valence-corrected chi connectivity index (χ3v) is 6.40. The van der Waals surface area contributed by atoms with E-state index in [1.54, 1.807) is 0 Å². The van der Waals surface area contributed by atoms with Crippen molar-refractivity contribution in [2.45, 2.75) is 38.5 Å². The molecule has 34 heavy (non-hydrogen) atoms. The Morgan fingerprint density at radius 3 is 2.09 bits per heavy atom. The molecule has 10 nitrogen and oxygen atoms in total. The summed E-state index contributed by atoms with van der Waals surface area (Å²) in [5.41, 5.74) is 0. The van der Waals surface area contributed by atoms with Crippen molar-refractivity contribution in [3.63, 3.8) is 0 Å². The number of rotatable bonds is 15. The second kappa shape index (κ2) is 15.0. The summed E-state index contributed by atoms with van der Waals surface area (Å²) in [7, 11) is 0. The molecule has 2 amide bonds. The van der Waals surface area contributed by atoms with Gasteiger partial charge in [-0.3, -0.25) is 0 Å². The van der Waals surface area contributed by atoms with Crippen LogP contribution in [0.1, 0.15) is 38.5 Å². The van der Waals surface area contributed by atoms with Gasteiger partial charge in [0.05, 0.1) is 13.2 Å². The van der Waals surface area contributed by atoms with Gasteiger partial charge in [0.15, 0.2) is 0 Å². The zero-order valence-corrected chi connectivity index (χ0v) is 19.6. The second-order valence-corrected chi connectivity index (χ2v) is 8.48. The van der Waals surface area contributed by atoms with Crippen LogP contribution < -0.4 is 10.6 Å². The average molecular weight is 481 g/mol. The Labute approximate surface area is 200 Å². The number of hydrogen-bond acceptors (Lipinski definition) is 8. The number of alkyl carbamates (subject to hydrolysis) is 2. The largest absolute Gasteiger partial charge is 0.463 e. The van der Waals surface area contributed by atoms with Crippen LogP contribution in [0.15, 0.2) is 25.3 Å². The first-order valence-electron chi connectivity index (χ1n) is 11.8. The molecule has 2 N–H and O–H groups in total. The minimum atomic E-state index is -0.552. The lowest BCUT2D eigenvalue weighted by Gasteiger charge is -2.22. The van der Waals surface area contributed by atoms with Crippen LogP contribution in [0, 0.1) is 23.7 Å². The van der Waals surface area contributed by atoms with Gasteiger partial charge in [0.25, 0.3) is 0 Å². The Balaban J connectivity index is 1.54. The third kappa shape index (κ3) is 9.44.